The van der Waals surface area contributed by atoms with Crippen LogP contribution in [-0.4, -0.2) is 20.9 Å². The molecule has 0 amide bonds. The predicted molar refractivity (Wildman–Crippen MR) is 97.2 cm³/mol. The third kappa shape index (κ3) is 3.22. The van der Waals surface area contributed by atoms with Crippen molar-refractivity contribution < 1.29 is 0 Å². The topological polar surface area (TPSA) is 53.6 Å². The van der Waals surface area contributed by atoms with Crippen LogP contribution in [0.15, 0.2) is 41.4 Å². The molecule has 1 atom stereocenters. The summed E-state index contributed by atoms with van der Waals surface area (Å²) in [5.41, 5.74) is 4.49. The SMILES string of the molecule is Cc1[nH]nc2ncc(CNC3CCSc4ccccc43)cc12.Cl. The number of nitrogens with one attached hydrogen (secondary N) is 2. The second-order valence-electron chi connectivity index (χ2n) is 5.67. The number of halogens is 1. The van der Waals surface area contributed by atoms with Crippen molar-refractivity contribution in [2.75, 3.05) is 5.75 Å². The van der Waals surface area contributed by atoms with Gasteiger partial charge in [0.1, 0.15) is 0 Å². The Hall–Kier alpha value is -1.56. The number of aryl methyl sites for hydroxylation is 1. The summed E-state index contributed by atoms with van der Waals surface area (Å²) in [5, 5.41) is 12.0. The summed E-state index contributed by atoms with van der Waals surface area (Å²) >= 11 is 1.95. The van der Waals surface area contributed by atoms with Gasteiger partial charge in [-0.2, -0.15) is 5.10 Å². The van der Waals surface area contributed by atoms with Crippen LogP contribution in [0.25, 0.3) is 11.0 Å². The van der Waals surface area contributed by atoms with Crippen molar-refractivity contribution in [1.29, 1.82) is 0 Å². The van der Waals surface area contributed by atoms with Gasteiger partial charge in [-0.3, -0.25) is 5.10 Å². The number of pyridine rings is 1. The number of hydrogen-bond donors (Lipinski definition) is 2. The molecule has 6 heteroatoms. The van der Waals surface area contributed by atoms with E-state index in [4.69, 9.17) is 0 Å². The van der Waals surface area contributed by atoms with Gasteiger partial charge in [0.15, 0.2) is 5.65 Å². The highest BCUT2D eigenvalue weighted by Crippen LogP contribution is 2.35. The molecule has 23 heavy (non-hydrogen) atoms. The van der Waals surface area contributed by atoms with E-state index < -0.39 is 0 Å². The van der Waals surface area contributed by atoms with Crippen LogP contribution < -0.4 is 5.32 Å². The molecule has 3 aromatic rings. The van der Waals surface area contributed by atoms with Crippen LogP contribution in [0.5, 0.6) is 0 Å². The molecule has 2 N–H and O–H groups in total. The third-order valence-corrected chi connectivity index (χ3v) is 5.29. The quantitative estimate of drug-likeness (QED) is 0.752. The molecule has 0 saturated carbocycles. The molecule has 0 spiro atoms. The van der Waals surface area contributed by atoms with Crippen molar-refractivity contribution in [1.82, 2.24) is 20.5 Å². The molecule has 0 aliphatic carbocycles. The fraction of sp³-hybridized carbons (Fsp3) is 0.294. The molecular formula is C17H19ClN4S. The molecule has 1 unspecified atom stereocenters. The van der Waals surface area contributed by atoms with Gasteiger partial charge in [0.2, 0.25) is 0 Å². The molecule has 3 heterocycles. The fourth-order valence-corrected chi connectivity index (χ4v) is 4.08. The third-order valence-electron chi connectivity index (χ3n) is 4.17. The predicted octanol–water partition coefficient (Wildman–Crippen LogP) is 4.01. The van der Waals surface area contributed by atoms with Crippen LogP contribution in [0.4, 0.5) is 0 Å². The summed E-state index contributed by atoms with van der Waals surface area (Å²) in [6.45, 7) is 2.86. The van der Waals surface area contributed by atoms with Crippen molar-refractivity contribution in [3.63, 3.8) is 0 Å². The number of fused-ring (bicyclic) bond motifs is 2. The van der Waals surface area contributed by atoms with E-state index in [1.165, 1.54) is 28.2 Å². The van der Waals surface area contributed by atoms with Gasteiger partial charge in [0, 0.05) is 34.8 Å². The Balaban J connectivity index is 0.00000156. The smallest absolute Gasteiger partial charge is 0.181 e. The van der Waals surface area contributed by atoms with E-state index in [0.29, 0.717) is 6.04 Å². The minimum absolute atomic E-state index is 0. The molecule has 0 saturated heterocycles. The van der Waals surface area contributed by atoms with E-state index in [0.717, 1.165) is 23.3 Å². The maximum atomic E-state index is 4.42. The zero-order chi connectivity index (χ0) is 14.9. The lowest BCUT2D eigenvalue weighted by Gasteiger charge is -2.26. The molecule has 4 nitrogen and oxygen atoms in total. The van der Waals surface area contributed by atoms with Gasteiger partial charge in [-0.15, -0.1) is 24.2 Å². The molecule has 120 valence electrons. The number of rotatable bonds is 3. The van der Waals surface area contributed by atoms with Crippen LogP contribution in [0.3, 0.4) is 0 Å². The summed E-state index contributed by atoms with van der Waals surface area (Å²) in [5.74, 6) is 1.17. The largest absolute Gasteiger partial charge is 0.306 e. The lowest BCUT2D eigenvalue weighted by Crippen LogP contribution is -2.24. The molecule has 0 fully saturated rings. The second kappa shape index (κ2) is 6.91. The van der Waals surface area contributed by atoms with Crippen LogP contribution in [0.2, 0.25) is 0 Å². The van der Waals surface area contributed by atoms with Crippen LogP contribution in [-0.2, 0) is 6.54 Å². The number of nitrogens with zero attached hydrogens (tertiary/aromatic N) is 2. The average Bonchev–Trinajstić information content (AvgIpc) is 2.94. The summed E-state index contributed by atoms with van der Waals surface area (Å²) in [6, 6.07) is 11.3. The number of aromatic amines is 1. The number of aromatic nitrogens is 3. The Kier molecular flexibility index (Phi) is 4.90. The summed E-state index contributed by atoms with van der Waals surface area (Å²) in [6.07, 6.45) is 3.08. The molecule has 4 rings (SSSR count). The first-order chi connectivity index (χ1) is 10.8. The molecule has 0 radical (unpaired) electrons. The minimum Gasteiger partial charge on any atom is -0.306 e. The van der Waals surface area contributed by atoms with Crippen LogP contribution >= 0.6 is 24.2 Å². The normalized spacial score (nSPS) is 16.8. The van der Waals surface area contributed by atoms with E-state index in [9.17, 15) is 0 Å². The maximum absolute atomic E-state index is 4.42. The molecule has 0 bridgehead atoms. The Labute approximate surface area is 145 Å². The van der Waals surface area contributed by atoms with Crippen LogP contribution in [0, 0.1) is 6.92 Å². The highest BCUT2D eigenvalue weighted by molar-refractivity contribution is 7.99. The number of thioether (sulfide) groups is 1. The molecular weight excluding hydrogens is 328 g/mol. The maximum Gasteiger partial charge on any atom is 0.181 e. The highest BCUT2D eigenvalue weighted by Gasteiger charge is 2.19. The first-order valence-corrected chi connectivity index (χ1v) is 8.54. The molecule has 1 aliphatic rings. The lowest BCUT2D eigenvalue weighted by atomic mass is 10.0. The van der Waals surface area contributed by atoms with E-state index in [1.54, 1.807) is 0 Å². The Bertz CT molecular complexity index is 817. The van der Waals surface area contributed by atoms with Gasteiger partial charge in [-0.25, -0.2) is 4.98 Å². The first kappa shape index (κ1) is 16.3. The molecule has 1 aliphatic heterocycles. The van der Waals surface area contributed by atoms with Gasteiger partial charge in [-0.1, -0.05) is 18.2 Å². The first-order valence-electron chi connectivity index (χ1n) is 7.56. The lowest BCUT2D eigenvalue weighted by molar-refractivity contribution is 0.510. The van der Waals surface area contributed by atoms with Crippen molar-refractivity contribution in [2.24, 2.45) is 0 Å². The Morgan fingerprint density at radius 2 is 2.22 bits per heavy atom. The van der Waals surface area contributed by atoms with Crippen molar-refractivity contribution in [3.8, 4) is 0 Å². The average molecular weight is 347 g/mol. The zero-order valence-corrected chi connectivity index (χ0v) is 14.5. The molecule has 1 aromatic carbocycles. The second-order valence-corrected chi connectivity index (χ2v) is 6.81. The van der Waals surface area contributed by atoms with Gasteiger partial charge in [-0.05, 0) is 42.4 Å². The number of benzene rings is 1. The number of H-pyrrole nitrogens is 1. The standard InChI is InChI=1S/C17H18N4S.ClH/c1-11-14-8-12(10-19-17(14)21-20-11)9-18-15-6-7-22-16-5-3-2-4-13(15)16;/h2-5,8,10,15,18H,6-7,9H2,1H3,(H,19,20,21);1H. The fourth-order valence-electron chi connectivity index (χ4n) is 2.95. The van der Waals surface area contributed by atoms with Gasteiger partial charge in [0.05, 0.1) is 0 Å². The van der Waals surface area contributed by atoms with Crippen molar-refractivity contribution in [3.05, 3.63) is 53.3 Å². The van der Waals surface area contributed by atoms with Gasteiger partial charge >= 0.3 is 0 Å². The Morgan fingerprint density at radius 1 is 1.35 bits per heavy atom. The minimum atomic E-state index is 0. The highest BCUT2D eigenvalue weighted by atomic mass is 35.5. The van der Waals surface area contributed by atoms with Gasteiger partial charge in [0.25, 0.3) is 0 Å². The monoisotopic (exact) mass is 346 g/mol. The Morgan fingerprint density at radius 3 is 3.13 bits per heavy atom. The van der Waals surface area contributed by atoms with E-state index in [2.05, 4.69) is 50.8 Å². The van der Waals surface area contributed by atoms with Gasteiger partial charge < -0.3 is 5.32 Å². The van der Waals surface area contributed by atoms with E-state index in [1.807, 2.05) is 24.9 Å². The summed E-state index contributed by atoms with van der Waals surface area (Å²) in [4.78, 5) is 5.83. The van der Waals surface area contributed by atoms with Crippen molar-refractivity contribution in [2.45, 2.75) is 30.8 Å². The summed E-state index contributed by atoms with van der Waals surface area (Å²) < 4.78 is 0. The number of hydrogen-bond acceptors (Lipinski definition) is 4. The van der Waals surface area contributed by atoms with Crippen LogP contribution in [0.1, 0.15) is 29.3 Å². The molecule has 2 aromatic heterocycles. The van der Waals surface area contributed by atoms with E-state index >= 15 is 0 Å². The van der Waals surface area contributed by atoms with Crippen molar-refractivity contribution >= 4 is 35.2 Å². The summed E-state index contributed by atoms with van der Waals surface area (Å²) in [7, 11) is 0. The van der Waals surface area contributed by atoms with E-state index in [-0.39, 0.29) is 12.4 Å². The zero-order valence-electron chi connectivity index (χ0n) is 12.9.